The van der Waals surface area contributed by atoms with Crippen LogP contribution in [0.3, 0.4) is 0 Å². The van der Waals surface area contributed by atoms with Crippen LogP contribution in [-0.4, -0.2) is 15.5 Å². The normalized spacial score (nSPS) is 12.1. The van der Waals surface area contributed by atoms with Gasteiger partial charge in [-0.1, -0.05) is 67.6 Å². The molecule has 3 aromatic carbocycles. The van der Waals surface area contributed by atoms with Crippen LogP contribution in [0.15, 0.2) is 78.9 Å². The number of imidazole rings is 1. The number of aryl methyl sites for hydroxylation is 2. The molecule has 0 radical (unpaired) electrons. The van der Waals surface area contributed by atoms with Crippen LogP contribution in [0.4, 0.5) is 0 Å². The third-order valence-electron chi connectivity index (χ3n) is 5.42. The molecule has 0 unspecified atom stereocenters. The summed E-state index contributed by atoms with van der Waals surface area (Å²) in [6.45, 7) is 4.99. The standard InChI is InChI=1S/C26H27N3O/c1-3-17-29-24-16-10-9-15-22(24)27-25(29)23(18-20-12-5-4-6-13-20)28-26(30)21-14-8-7-11-19(21)2/h4-16,23H,3,17-18H2,1-2H3,(H,28,30)/t23-/m1/s1. The van der Waals surface area contributed by atoms with Crippen molar-refractivity contribution < 1.29 is 4.79 Å². The maximum atomic E-state index is 13.2. The van der Waals surface area contributed by atoms with E-state index in [0.717, 1.165) is 35.4 Å². The molecule has 4 rings (SSSR count). The maximum absolute atomic E-state index is 13.2. The molecular formula is C26H27N3O. The average molecular weight is 398 g/mol. The van der Waals surface area contributed by atoms with Crippen molar-refractivity contribution in [3.63, 3.8) is 0 Å². The Morgan fingerprint density at radius 3 is 2.43 bits per heavy atom. The van der Waals surface area contributed by atoms with Crippen molar-refractivity contribution in [3.8, 4) is 0 Å². The van der Waals surface area contributed by atoms with E-state index in [1.807, 2.05) is 67.6 Å². The summed E-state index contributed by atoms with van der Waals surface area (Å²) in [5, 5.41) is 3.28. The van der Waals surface area contributed by atoms with Crippen LogP contribution in [0.25, 0.3) is 11.0 Å². The van der Waals surface area contributed by atoms with Gasteiger partial charge in [-0.2, -0.15) is 0 Å². The number of carbonyl (C=O) groups is 1. The second-order valence-electron chi connectivity index (χ2n) is 7.64. The predicted octanol–water partition coefficient (Wildman–Crippen LogP) is 5.47. The predicted molar refractivity (Wildman–Crippen MR) is 122 cm³/mol. The first-order chi connectivity index (χ1) is 14.7. The van der Waals surface area contributed by atoms with E-state index in [1.165, 1.54) is 5.56 Å². The molecule has 0 bridgehead atoms. The topological polar surface area (TPSA) is 46.9 Å². The number of carbonyl (C=O) groups excluding carboxylic acids is 1. The Labute approximate surface area is 177 Å². The Morgan fingerprint density at radius 1 is 0.967 bits per heavy atom. The minimum absolute atomic E-state index is 0.0656. The number of benzene rings is 3. The maximum Gasteiger partial charge on any atom is 0.252 e. The van der Waals surface area contributed by atoms with Gasteiger partial charge in [0.05, 0.1) is 17.1 Å². The summed E-state index contributed by atoms with van der Waals surface area (Å²) in [6.07, 6.45) is 1.68. The van der Waals surface area contributed by atoms with Crippen molar-refractivity contribution in [1.82, 2.24) is 14.9 Å². The van der Waals surface area contributed by atoms with Crippen LogP contribution < -0.4 is 5.32 Å². The third-order valence-corrected chi connectivity index (χ3v) is 5.42. The lowest BCUT2D eigenvalue weighted by Crippen LogP contribution is -2.32. The molecule has 4 nitrogen and oxygen atoms in total. The summed E-state index contributed by atoms with van der Waals surface area (Å²) in [4.78, 5) is 18.1. The van der Waals surface area contributed by atoms with Gasteiger partial charge in [-0.3, -0.25) is 4.79 Å². The highest BCUT2D eigenvalue weighted by atomic mass is 16.1. The number of hydrogen-bond donors (Lipinski definition) is 1. The van der Waals surface area contributed by atoms with Crippen molar-refractivity contribution in [1.29, 1.82) is 0 Å². The monoisotopic (exact) mass is 397 g/mol. The smallest absolute Gasteiger partial charge is 0.252 e. The molecule has 30 heavy (non-hydrogen) atoms. The minimum Gasteiger partial charge on any atom is -0.342 e. The van der Waals surface area contributed by atoms with E-state index in [1.54, 1.807) is 0 Å². The third kappa shape index (κ3) is 4.13. The summed E-state index contributed by atoms with van der Waals surface area (Å²) in [7, 11) is 0. The summed E-state index contributed by atoms with van der Waals surface area (Å²) < 4.78 is 2.25. The van der Waals surface area contributed by atoms with Crippen molar-refractivity contribution in [2.24, 2.45) is 0 Å². The molecule has 4 aromatic rings. The van der Waals surface area contributed by atoms with Crippen molar-refractivity contribution in [3.05, 3.63) is 101 Å². The van der Waals surface area contributed by atoms with E-state index < -0.39 is 0 Å². The fraction of sp³-hybridized carbons (Fsp3) is 0.231. The van der Waals surface area contributed by atoms with Crippen molar-refractivity contribution in [2.45, 2.75) is 39.3 Å². The second-order valence-corrected chi connectivity index (χ2v) is 7.64. The number of aromatic nitrogens is 2. The van der Waals surface area contributed by atoms with Gasteiger partial charge in [-0.05, 0) is 49.1 Å². The summed E-state index contributed by atoms with van der Waals surface area (Å²) in [5.74, 6) is 0.841. The molecule has 0 aliphatic rings. The highest BCUT2D eigenvalue weighted by Crippen LogP contribution is 2.25. The van der Waals surface area contributed by atoms with Crippen molar-refractivity contribution >= 4 is 16.9 Å². The van der Waals surface area contributed by atoms with E-state index in [0.29, 0.717) is 12.0 Å². The Morgan fingerprint density at radius 2 is 1.67 bits per heavy atom. The number of nitrogens with zero attached hydrogens (tertiary/aromatic N) is 2. The first kappa shape index (κ1) is 19.9. The van der Waals surface area contributed by atoms with Gasteiger partial charge in [0.15, 0.2) is 0 Å². The molecule has 1 amide bonds. The van der Waals surface area contributed by atoms with Gasteiger partial charge in [-0.15, -0.1) is 0 Å². The summed E-state index contributed by atoms with van der Waals surface area (Å²) in [6, 6.07) is 25.9. The summed E-state index contributed by atoms with van der Waals surface area (Å²) in [5.41, 5.74) is 4.91. The lowest BCUT2D eigenvalue weighted by molar-refractivity contribution is 0.0933. The van der Waals surface area contributed by atoms with Gasteiger partial charge >= 0.3 is 0 Å². The molecule has 0 spiro atoms. The van der Waals surface area contributed by atoms with E-state index in [9.17, 15) is 4.79 Å². The molecule has 0 saturated heterocycles. The molecule has 0 aliphatic carbocycles. The number of rotatable bonds is 7. The Kier molecular flexibility index (Phi) is 5.94. The molecule has 0 aliphatic heterocycles. The number of fused-ring (bicyclic) bond motifs is 1. The van der Waals surface area contributed by atoms with Gasteiger partial charge in [0, 0.05) is 12.1 Å². The fourth-order valence-corrected chi connectivity index (χ4v) is 3.94. The van der Waals surface area contributed by atoms with E-state index in [2.05, 4.69) is 35.0 Å². The molecule has 0 fully saturated rings. The molecule has 0 saturated carbocycles. The molecule has 1 aromatic heterocycles. The largest absolute Gasteiger partial charge is 0.342 e. The number of amides is 1. The van der Waals surface area contributed by atoms with Gasteiger partial charge in [0.25, 0.3) is 5.91 Å². The van der Waals surface area contributed by atoms with Gasteiger partial charge in [0.1, 0.15) is 5.82 Å². The zero-order valence-electron chi connectivity index (χ0n) is 17.5. The van der Waals surface area contributed by atoms with Crippen LogP contribution in [0.2, 0.25) is 0 Å². The van der Waals surface area contributed by atoms with Gasteiger partial charge in [-0.25, -0.2) is 4.98 Å². The molecule has 152 valence electrons. The molecule has 1 atom stereocenters. The molecule has 1 N–H and O–H groups in total. The van der Waals surface area contributed by atoms with Crippen LogP contribution in [0, 0.1) is 6.92 Å². The van der Waals surface area contributed by atoms with Crippen LogP contribution >= 0.6 is 0 Å². The Bertz CT molecular complexity index is 1150. The van der Waals surface area contributed by atoms with Gasteiger partial charge in [0.2, 0.25) is 0 Å². The zero-order chi connectivity index (χ0) is 20.9. The zero-order valence-corrected chi connectivity index (χ0v) is 17.5. The average Bonchev–Trinajstić information content (AvgIpc) is 3.13. The van der Waals surface area contributed by atoms with Crippen LogP contribution in [-0.2, 0) is 13.0 Å². The number of nitrogens with one attached hydrogen (secondary N) is 1. The lowest BCUT2D eigenvalue weighted by Gasteiger charge is -2.21. The first-order valence-electron chi connectivity index (χ1n) is 10.5. The number of hydrogen-bond acceptors (Lipinski definition) is 2. The SMILES string of the molecule is CCCn1c([C@@H](Cc2ccccc2)NC(=O)c2ccccc2C)nc2ccccc21. The van der Waals surface area contributed by atoms with Crippen molar-refractivity contribution in [2.75, 3.05) is 0 Å². The highest BCUT2D eigenvalue weighted by molar-refractivity contribution is 5.95. The van der Waals surface area contributed by atoms with Crippen LogP contribution in [0.1, 0.15) is 46.7 Å². The first-order valence-corrected chi connectivity index (χ1v) is 10.5. The highest BCUT2D eigenvalue weighted by Gasteiger charge is 2.23. The van der Waals surface area contributed by atoms with Gasteiger partial charge < -0.3 is 9.88 Å². The quantitative estimate of drug-likeness (QED) is 0.450. The van der Waals surface area contributed by atoms with E-state index in [4.69, 9.17) is 4.98 Å². The Balaban J connectivity index is 1.76. The second kappa shape index (κ2) is 8.95. The minimum atomic E-state index is -0.224. The van der Waals surface area contributed by atoms with E-state index in [-0.39, 0.29) is 11.9 Å². The lowest BCUT2D eigenvalue weighted by atomic mass is 10.0. The Hall–Kier alpha value is -3.40. The molecule has 1 heterocycles. The number of para-hydroxylation sites is 2. The molecular weight excluding hydrogens is 370 g/mol. The molecule has 4 heteroatoms. The van der Waals surface area contributed by atoms with Crippen LogP contribution in [0.5, 0.6) is 0 Å². The fourth-order valence-electron chi connectivity index (χ4n) is 3.94. The van der Waals surface area contributed by atoms with E-state index >= 15 is 0 Å². The summed E-state index contributed by atoms with van der Waals surface area (Å²) >= 11 is 0.